The van der Waals surface area contributed by atoms with Gasteiger partial charge in [0.2, 0.25) is 41.4 Å². The van der Waals surface area contributed by atoms with E-state index in [1.54, 1.807) is 62.9 Å². The smallest absolute Gasteiger partial charge is 0.279 e. The molecule has 22 nitrogen and oxygen atoms in total. The Kier molecular flexibility index (Phi) is 23.6. The number of nitrogens with zero attached hydrogens (tertiary/aromatic N) is 2. The van der Waals surface area contributed by atoms with Gasteiger partial charge in [-0.1, -0.05) is 71.9 Å². The largest absolute Gasteiger partial charge is 0.343 e. The number of carbonyl (C=O) groups is 10. The van der Waals surface area contributed by atoms with Crippen molar-refractivity contribution >= 4 is 92.9 Å². The number of aryl methyl sites for hydroxylation is 2. The lowest BCUT2D eigenvalue weighted by Crippen LogP contribution is -2.61. The number of hydrogen-bond donors (Lipinski definition) is 10. The molecule has 1 aromatic carbocycles. The highest BCUT2D eigenvalue weighted by Crippen LogP contribution is 2.45. The van der Waals surface area contributed by atoms with Crippen LogP contribution in [0, 0.1) is 31.6 Å². The minimum Gasteiger partial charge on any atom is -0.343 e. The Balaban J connectivity index is 1.23. The molecule has 4 bridgehead atoms. The van der Waals surface area contributed by atoms with E-state index in [9.17, 15) is 47.9 Å². The van der Waals surface area contributed by atoms with Crippen molar-refractivity contribution in [1.29, 1.82) is 0 Å². The van der Waals surface area contributed by atoms with Crippen molar-refractivity contribution in [1.82, 2.24) is 52.6 Å². The van der Waals surface area contributed by atoms with Crippen molar-refractivity contribution in [3.05, 3.63) is 78.7 Å². The maximum Gasteiger partial charge on any atom is 0.279 e. The fraction of sp³-hybridized carbons (Fsp3) is 0.581. The Labute approximate surface area is 512 Å². The Bertz CT molecular complexity index is 3010. The van der Waals surface area contributed by atoms with Crippen molar-refractivity contribution in [2.45, 2.75) is 187 Å². The molecule has 0 spiro atoms. The third kappa shape index (κ3) is 16.5. The zero-order valence-electron chi connectivity index (χ0n) is 50.9. The van der Waals surface area contributed by atoms with E-state index >= 15 is 0 Å². The van der Waals surface area contributed by atoms with Crippen molar-refractivity contribution in [2.75, 3.05) is 26.2 Å². The predicted molar refractivity (Wildman–Crippen MR) is 331 cm³/mol. The molecule has 3 aromatic rings. The predicted octanol–water partition coefficient (Wildman–Crippen LogP) is 3.88. The zero-order chi connectivity index (χ0) is 62.5. The number of hydrogen-bond acceptors (Lipinski definition) is 14. The minimum absolute atomic E-state index is 0.0222. The molecule has 1 aliphatic carbocycles. The molecule has 7 rings (SSSR count). The van der Waals surface area contributed by atoms with E-state index < -0.39 is 113 Å². The summed E-state index contributed by atoms with van der Waals surface area (Å²) in [4.78, 5) is 149. The first kappa shape index (κ1) is 66.5. The molecular weight excluding hydrogens is 1140 g/mol. The Morgan fingerprint density at radius 1 is 0.535 bits per heavy atom. The van der Waals surface area contributed by atoms with E-state index in [2.05, 4.69) is 42.8 Å². The van der Waals surface area contributed by atoms with Crippen LogP contribution in [-0.4, -0.2) is 143 Å². The fourth-order valence-corrected chi connectivity index (χ4v) is 13.8. The topological polar surface area (TPSA) is 325 Å². The van der Waals surface area contributed by atoms with E-state index in [-0.39, 0.29) is 63.6 Å². The maximum atomic E-state index is 14.9. The second kappa shape index (κ2) is 30.6. The monoisotopic (exact) mass is 1220 g/mol. The summed E-state index contributed by atoms with van der Waals surface area (Å²) in [6.45, 7) is 15.5. The van der Waals surface area contributed by atoms with Crippen LogP contribution in [0.3, 0.4) is 0 Å². The lowest BCUT2D eigenvalue weighted by Gasteiger charge is -2.32. The minimum atomic E-state index is -1.22. The van der Waals surface area contributed by atoms with Crippen LogP contribution in [0.15, 0.2) is 42.5 Å². The van der Waals surface area contributed by atoms with E-state index in [1.807, 2.05) is 39.8 Å². The van der Waals surface area contributed by atoms with Gasteiger partial charge in [-0.05, 0) is 162 Å². The first-order valence-corrected chi connectivity index (χ1v) is 32.1. The number of nitrogens with two attached hydrogens (primary N) is 2. The molecule has 4 aliphatic rings. The summed E-state index contributed by atoms with van der Waals surface area (Å²) < 4.78 is 0. The Morgan fingerprint density at radius 2 is 1.01 bits per heavy atom. The summed E-state index contributed by atoms with van der Waals surface area (Å²) in [5, 5.41) is 17.1. The van der Waals surface area contributed by atoms with Crippen molar-refractivity contribution in [3.8, 4) is 0 Å². The molecule has 0 saturated carbocycles. The quantitative estimate of drug-likeness (QED) is 0.124. The molecule has 24 heteroatoms. The molecular formula is C62H88N12O10S2. The van der Waals surface area contributed by atoms with Crippen molar-refractivity contribution in [3.63, 3.8) is 0 Å². The molecule has 468 valence electrons. The lowest BCUT2D eigenvalue weighted by molar-refractivity contribution is -0.143. The van der Waals surface area contributed by atoms with Crippen LogP contribution in [0.5, 0.6) is 0 Å². The number of fused-ring (bicyclic) bond motifs is 8. The van der Waals surface area contributed by atoms with Crippen LogP contribution in [0.1, 0.15) is 164 Å². The second-order valence-electron chi connectivity index (χ2n) is 24.1. The highest BCUT2D eigenvalue weighted by Gasteiger charge is 2.42. The summed E-state index contributed by atoms with van der Waals surface area (Å²) in [6.07, 6.45) is 4.92. The van der Waals surface area contributed by atoms with Crippen LogP contribution >= 0.6 is 22.7 Å². The van der Waals surface area contributed by atoms with Crippen LogP contribution in [-0.2, 0) is 44.8 Å². The van der Waals surface area contributed by atoms with Gasteiger partial charge in [0.05, 0.1) is 9.75 Å². The molecule has 0 unspecified atom stereocenters. The number of rotatable bonds is 12. The van der Waals surface area contributed by atoms with Gasteiger partial charge in [0.15, 0.2) is 0 Å². The fourth-order valence-electron chi connectivity index (χ4n) is 11.9. The van der Waals surface area contributed by atoms with Gasteiger partial charge >= 0.3 is 0 Å². The van der Waals surface area contributed by atoms with Gasteiger partial charge in [0, 0.05) is 29.3 Å². The SMILES string of the molecule is Cc1sc2cc1C1=C(CCC1)c1cc(sc1C)C(=O)N1CCC[C@H]1C(=O)N[C@@H](C(C)C)C(=O)N[C@@H](CCCN)C(=O)N[C@@H](CC(C)C)C(=O)N[C@H](Cc1ccccc1)C(=O)N1CCC[C@H]1C(=O)N[C@@H](C(C)C)C(=O)N[C@@H](CCCN)C(=O)NNC2=O. The van der Waals surface area contributed by atoms with E-state index in [0.717, 1.165) is 51.3 Å². The number of thiophene rings is 2. The van der Waals surface area contributed by atoms with E-state index in [1.165, 1.54) is 27.6 Å². The number of benzene rings is 1. The Morgan fingerprint density at radius 3 is 1.55 bits per heavy atom. The average Bonchev–Trinajstić information content (AvgIpc) is 4.10. The molecule has 2 fully saturated rings. The van der Waals surface area contributed by atoms with Crippen molar-refractivity contribution < 1.29 is 47.9 Å². The van der Waals surface area contributed by atoms with Gasteiger partial charge < -0.3 is 53.2 Å². The standard InChI is InChI=1S/C62H88N12O10S2/c1-33(2)29-45-54(76)68-46(30-38-17-10-9-11-18-38)61(83)73-27-15-23-47(73)56(78)69-52(35(5)6)60(82)66-44(22-14-26-64)55(77)71-72-58(80)49-31-41(36(7)85-49)39-19-12-20-40(39)42-32-50(86-37(42)8)62(84)74-28-16-24-48(74)57(79)70-51(34(3)4)59(81)65-43(21-13-25-63)53(75)67-45/h9-11,17-18,31-35,43-48,51-52H,12-16,19-30,63-64H2,1-8H3,(H,65,81)(H,66,82)(H,67,75)(H,68,76)(H,69,78)(H,70,79)(H,71,77)(H,72,80)/t43-,44-,45-,46+,47-,48-,51-,52-/m0/s1. The second-order valence-corrected chi connectivity index (χ2v) is 26.7. The molecule has 0 radical (unpaired) electrons. The lowest BCUT2D eigenvalue weighted by atomic mass is 9.97. The van der Waals surface area contributed by atoms with Gasteiger partial charge in [-0.2, -0.15) is 0 Å². The molecule has 10 amide bonds. The number of carbonyl (C=O) groups excluding carboxylic acids is 10. The molecule has 3 aliphatic heterocycles. The van der Waals surface area contributed by atoms with Crippen LogP contribution in [0.2, 0.25) is 0 Å². The summed E-state index contributed by atoms with van der Waals surface area (Å²) >= 11 is 2.60. The summed E-state index contributed by atoms with van der Waals surface area (Å²) in [6, 6.07) is 3.69. The van der Waals surface area contributed by atoms with Crippen molar-refractivity contribution in [2.24, 2.45) is 29.2 Å². The van der Waals surface area contributed by atoms with Gasteiger partial charge in [0.1, 0.15) is 48.3 Å². The van der Waals surface area contributed by atoms with Crippen LogP contribution in [0.25, 0.3) is 11.1 Å². The van der Waals surface area contributed by atoms with Gasteiger partial charge in [0.25, 0.3) is 17.7 Å². The number of nitrogens with one attached hydrogen (secondary N) is 8. The first-order valence-electron chi connectivity index (χ1n) is 30.4. The third-order valence-corrected chi connectivity index (χ3v) is 18.6. The normalized spacial score (nSPS) is 24.8. The summed E-state index contributed by atoms with van der Waals surface area (Å²) in [5.41, 5.74) is 21.4. The van der Waals surface area contributed by atoms with Crippen LogP contribution < -0.4 is 54.2 Å². The molecule has 86 heavy (non-hydrogen) atoms. The van der Waals surface area contributed by atoms with E-state index in [4.69, 9.17) is 11.5 Å². The zero-order valence-corrected chi connectivity index (χ0v) is 52.5. The highest BCUT2D eigenvalue weighted by molar-refractivity contribution is 7.14. The molecule has 2 aromatic heterocycles. The van der Waals surface area contributed by atoms with E-state index in [0.29, 0.717) is 54.0 Å². The number of allylic oxidation sites excluding steroid dienone is 2. The third-order valence-electron chi connectivity index (χ3n) is 16.5. The van der Waals surface area contributed by atoms with Gasteiger partial charge in [-0.3, -0.25) is 58.8 Å². The van der Waals surface area contributed by atoms with Gasteiger partial charge in [-0.15, -0.1) is 22.7 Å². The molecule has 12 N–H and O–H groups in total. The molecule has 8 atom stereocenters. The number of hydrazine groups is 1. The Hall–Kier alpha value is -7.02. The van der Waals surface area contributed by atoms with Gasteiger partial charge in [-0.25, -0.2) is 0 Å². The number of amides is 10. The molecule has 2 saturated heterocycles. The molecule has 5 heterocycles. The highest BCUT2D eigenvalue weighted by atomic mass is 32.1. The summed E-state index contributed by atoms with van der Waals surface area (Å²) in [7, 11) is 0. The van der Waals surface area contributed by atoms with Crippen LogP contribution in [0.4, 0.5) is 0 Å². The first-order chi connectivity index (χ1) is 41.0. The average molecular weight is 1230 g/mol. The summed E-state index contributed by atoms with van der Waals surface area (Å²) in [5.74, 6) is -7.04. The maximum absolute atomic E-state index is 14.9.